The lowest BCUT2D eigenvalue weighted by Gasteiger charge is -2.15. The van der Waals surface area contributed by atoms with Crippen molar-refractivity contribution in [2.75, 3.05) is 12.4 Å². The fourth-order valence-electron chi connectivity index (χ4n) is 1.89. The van der Waals surface area contributed by atoms with E-state index < -0.39 is 11.3 Å². The van der Waals surface area contributed by atoms with Crippen LogP contribution < -0.4 is 10.1 Å². The smallest absolute Gasteiger partial charge is 0.331 e. The van der Waals surface area contributed by atoms with E-state index in [1.807, 2.05) is 6.92 Å². The first-order valence-electron chi connectivity index (χ1n) is 5.68. The van der Waals surface area contributed by atoms with Gasteiger partial charge >= 0.3 is 5.97 Å². The van der Waals surface area contributed by atoms with Crippen molar-refractivity contribution >= 4 is 17.7 Å². The zero-order valence-electron chi connectivity index (χ0n) is 9.92. The van der Waals surface area contributed by atoms with Crippen LogP contribution in [0.3, 0.4) is 0 Å². The van der Waals surface area contributed by atoms with Gasteiger partial charge in [0.25, 0.3) is 0 Å². The van der Waals surface area contributed by atoms with E-state index in [9.17, 15) is 9.90 Å². The summed E-state index contributed by atoms with van der Waals surface area (Å²) >= 11 is 1.32. The number of hydrogen-bond donors (Lipinski definition) is 3. The second kappa shape index (κ2) is 5.49. The summed E-state index contributed by atoms with van der Waals surface area (Å²) in [5.41, 5.74) is 0.678. The summed E-state index contributed by atoms with van der Waals surface area (Å²) in [4.78, 5) is 10.9. The minimum atomic E-state index is -0.886. The predicted molar refractivity (Wildman–Crippen MR) is 69.0 cm³/mol. The molecule has 0 aromatic heterocycles. The molecule has 0 bridgehead atoms. The van der Waals surface area contributed by atoms with Gasteiger partial charge in [0.05, 0.1) is 6.61 Å². The van der Waals surface area contributed by atoms with Gasteiger partial charge in [0, 0.05) is 17.4 Å². The van der Waals surface area contributed by atoms with Gasteiger partial charge in [0.15, 0.2) is 16.9 Å². The van der Waals surface area contributed by atoms with Gasteiger partial charge in [-0.15, -0.1) is 11.8 Å². The SMILES string of the molecule is CCOc1cccc([C@H]2CS[C@H](C(=O)O)N2)c1O. The van der Waals surface area contributed by atoms with Crippen molar-refractivity contribution in [2.45, 2.75) is 18.3 Å². The first kappa shape index (κ1) is 13.0. The van der Waals surface area contributed by atoms with Crippen LogP contribution >= 0.6 is 11.8 Å². The Morgan fingerprint density at radius 2 is 2.39 bits per heavy atom. The Morgan fingerprint density at radius 1 is 1.61 bits per heavy atom. The number of benzene rings is 1. The maximum atomic E-state index is 10.9. The quantitative estimate of drug-likeness (QED) is 0.770. The molecule has 0 saturated carbocycles. The molecule has 2 atom stereocenters. The zero-order chi connectivity index (χ0) is 13.1. The summed E-state index contributed by atoms with van der Waals surface area (Å²) in [5.74, 6) is 0.243. The summed E-state index contributed by atoms with van der Waals surface area (Å²) in [6.45, 7) is 2.32. The highest BCUT2D eigenvalue weighted by atomic mass is 32.2. The fraction of sp³-hybridized carbons (Fsp3) is 0.417. The number of aliphatic carboxylic acids is 1. The number of aromatic hydroxyl groups is 1. The van der Waals surface area contributed by atoms with Crippen LogP contribution in [-0.2, 0) is 4.79 Å². The Morgan fingerprint density at radius 3 is 3.00 bits per heavy atom. The summed E-state index contributed by atoms with van der Waals surface area (Å²) < 4.78 is 5.31. The minimum absolute atomic E-state index is 0.0866. The summed E-state index contributed by atoms with van der Waals surface area (Å²) in [5, 5.41) is 21.3. The lowest BCUT2D eigenvalue weighted by molar-refractivity contribution is -0.137. The molecule has 0 unspecified atom stereocenters. The average Bonchev–Trinajstić information content (AvgIpc) is 2.81. The van der Waals surface area contributed by atoms with E-state index in [0.717, 1.165) is 0 Å². The molecular formula is C12H15NO4S. The number of thioether (sulfide) groups is 1. The van der Waals surface area contributed by atoms with Gasteiger partial charge in [0.1, 0.15) is 0 Å². The lowest BCUT2D eigenvalue weighted by Crippen LogP contribution is -2.30. The van der Waals surface area contributed by atoms with Crippen molar-refractivity contribution in [3.8, 4) is 11.5 Å². The molecule has 6 heteroatoms. The van der Waals surface area contributed by atoms with Gasteiger partial charge in [-0.3, -0.25) is 5.32 Å². The second-order valence-corrected chi connectivity index (χ2v) is 5.04. The highest BCUT2D eigenvalue weighted by Gasteiger charge is 2.32. The molecule has 1 aromatic rings. The second-order valence-electron chi connectivity index (χ2n) is 3.90. The molecule has 0 amide bonds. The molecule has 0 aliphatic carbocycles. The molecule has 1 fully saturated rings. The third kappa shape index (κ3) is 2.54. The molecule has 1 aliphatic rings. The van der Waals surface area contributed by atoms with Gasteiger partial charge in [-0.2, -0.15) is 0 Å². The van der Waals surface area contributed by atoms with E-state index in [1.165, 1.54) is 11.8 Å². The molecule has 1 heterocycles. The number of hydrogen-bond acceptors (Lipinski definition) is 5. The van der Waals surface area contributed by atoms with E-state index >= 15 is 0 Å². The molecule has 1 aliphatic heterocycles. The van der Waals surface area contributed by atoms with Crippen LogP contribution in [0, 0.1) is 0 Å². The molecular weight excluding hydrogens is 254 g/mol. The van der Waals surface area contributed by atoms with Crippen molar-refractivity contribution in [2.24, 2.45) is 0 Å². The van der Waals surface area contributed by atoms with Crippen molar-refractivity contribution in [3.05, 3.63) is 23.8 Å². The van der Waals surface area contributed by atoms with E-state index in [2.05, 4.69) is 5.32 Å². The molecule has 0 radical (unpaired) electrons. The van der Waals surface area contributed by atoms with E-state index in [4.69, 9.17) is 9.84 Å². The summed E-state index contributed by atoms with van der Waals surface area (Å²) in [6, 6.07) is 5.09. The van der Waals surface area contributed by atoms with Crippen LogP contribution in [0.5, 0.6) is 11.5 Å². The van der Waals surface area contributed by atoms with Gasteiger partial charge in [-0.25, -0.2) is 4.79 Å². The highest BCUT2D eigenvalue weighted by Crippen LogP contribution is 2.38. The molecule has 1 aromatic carbocycles. The maximum absolute atomic E-state index is 10.9. The van der Waals surface area contributed by atoms with Crippen LogP contribution in [0.2, 0.25) is 0 Å². The van der Waals surface area contributed by atoms with Gasteiger partial charge in [-0.05, 0) is 13.0 Å². The number of ether oxygens (including phenoxy) is 1. The van der Waals surface area contributed by atoms with Gasteiger partial charge < -0.3 is 14.9 Å². The van der Waals surface area contributed by atoms with Crippen LogP contribution in [0.25, 0.3) is 0 Å². The number of rotatable bonds is 4. The number of carbonyl (C=O) groups is 1. The van der Waals surface area contributed by atoms with Crippen molar-refractivity contribution in [3.63, 3.8) is 0 Å². The Balaban J connectivity index is 2.19. The zero-order valence-corrected chi connectivity index (χ0v) is 10.7. The predicted octanol–water partition coefficient (Wildman–Crippen LogP) is 1.58. The molecule has 3 N–H and O–H groups in total. The normalized spacial score (nSPS) is 22.9. The highest BCUT2D eigenvalue weighted by molar-refractivity contribution is 8.00. The van der Waals surface area contributed by atoms with Crippen LogP contribution in [0.1, 0.15) is 18.5 Å². The number of phenolic OH excluding ortho intramolecular Hbond substituents is 1. The number of para-hydroxylation sites is 1. The third-order valence-electron chi connectivity index (χ3n) is 2.71. The molecule has 98 valence electrons. The van der Waals surface area contributed by atoms with E-state index in [-0.39, 0.29) is 11.8 Å². The average molecular weight is 269 g/mol. The lowest BCUT2D eigenvalue weighted by atomic mass is 10.1. The minimum Gasteiger partial charge on any atom is -0.504 e. The third-order valence-corrected chi connectivity index (χ3v) is 3.91. The fourth-order valence-corrected chi connectivity index (χ4v) is 2.95. The van der Waals surface area contributed by atoms with Crippen molar-refractivity contribution in [1.29, 1.82) is 0 Å². The Hall–Kier alpha value is -1.40. The van der Waals surface area contributed by atoms with E-state index in [0.29, 0.717) is 23.7 Å². The standard InChI is InChI=1S/C12H15NO4S/c1-2-17-9-5-3-4-7(10(9)14)8-6-18-11(13-8)12(15)16/h3-5,8,11,13-14H,2,6H2,1H3,(H,15,16)/t8-,11-/m1/s1. The summed E-state index contributed by atoms with van der Waals surface area (Å²) in [6.07, 6.45) is 0. The largest absolute Gasteiger partial charge is 0.504 e. The Kier molecular flexibility index (Phi) is 3.98. The first-order valence-corrected chi connectivity index (χ1v) is 6.73. The van der Waals surface area contributed by atoms with Crippen molar-refractivity contribution in [1.82, 2.24) is 5.32 Å². The maximum Gasteiger partial charge on any atom is 0.331 e. The molecule has 5 nitrogen and oxygen atoms in total. The van der Waals surface area contributed by atoms with Crippen LogP contribution in [0.4, 0.5) is 0 Å². The first-order chi connectivity index (χ1) is 8.63. The number of nitrogens with one attached hydrogen (secondary N) is 1. The molecule has 1 saturated heterocycles. The number of carboxylic acids is 1. The Bertz CT molecular complexity index is 452. The van der Waals surface area contributed by atoms with Gasteiger partial charge in [0.2, 0.25) is 0 Å². The van der Waals surface area contributed by atoms with Crippen molar-refractivity contribution < 1.29 is 19.7 Å². The number of phenols is 1. The molecule has 0 spiro atoms. The van der Waals surface area contributed by atoms with Gasteiger partial charge in [-0.1, -0.05) is 12.1 Å². The van der Waals surface area contributed by atoms with Crippen LogP contribution in [0.15, 0.2) is 18.2 Å². The monoisotopic (exact) mass is 269 g/mol. The van der Waals surface area contributed by atoms with E-state index in [1.54, 1.807) is 18.2 Å². The molecule has 2 rings (SSSR count). The molecule has 18 heavy (non-hydrogen) atoms. The summed E-state index contributed by atoms with van der Waals surface area (Å²) in [7, 11) is 0. The Labute approximate surface area is 109 Å². The number of carboxylic acid groups (broad SMARTS) is 1. The topological polar surface area (TPSA) is 78.8 Å². The van der Waals surface area contributed by atoms with Crippen LogP contribution in [-0.4, -0.2) is 33.9 Å².